The standard InChI is InChI=1S/C14H12BClO/c15-12-7-6-11(9-13(12)16)14(17)8-10-4-2-1-3-5-10/h1-7,9H,8,15H2. The van der Waals surface area contributed by atoms with Gasteiger partial charge in [0.15, 0.2) is 5.78 Å². The highest BCUT2D eigenvalue weighted by Crippen LogP contribution is 2.11. The fourth-order valence-corrected chi connectivity index (χ4v) is 1.83. The van der Waals surface area contributed by atoms with Crippen molar-refractivity contribution in [3.63, 3.8) is 0 Å². The molecule has 0 saturated carbocycles. The van der Waals surface area contributed by atoms with Crippen LogP contribution in [-0.4, -0.2) is 13.6 Å². The van der Waals surface area contributed by atoms with Crippen LogP contribution in [0.15, 0.2) is 48.5 Å². The molecule has 0 spiro atoms. The summed E-state index contributed by atoms with van der Waals surface area (Å²) < 4.78 is 0. The van der Waals surface area contributed by atoms with E-state index >= 15 is 0 Å². The molecule has 0 N–H and O–H groups in total. The minimum Gasteiger partial charge on any atom is -0.294 e. The first kappa shape index (κ1) is 11.9. The summed E-state index contributed by atoms with van der Waals surface area (Å²) >= 11 is 6.01. The van der Waals surface area contributed by atoms with Crippen LogP contribution >= 0.6 is 11.6 Å². The Morgan fingerprint density at radius 3 is 2.47 bits per heavy atom. The van der Waals surface area contributed by atoms with Crippen molar-refractivity contribution in [3.05, 3.63) is 64.7 Å². The molecule has 2 rings (SSSR count). The minimum absolute atomic E-state index is 0.0955. The SMILES string of the molecule is Bc1ccc(C(=O)Cc2ccccc2)cc1Cl. The van der Waals surface area contributed by atoms with Crippen LogP contribution < -0.4 is 5.46 Å². The Morgan fingerprint density at radius 1 is 1.12 bits per heavy atom. The summed E-state index contributed by atoms with van der Waals surface area (Å²) in [5, 5.41) is 0.643. The minimum atomic E-state index is 0.0955. The van der Waals surface area contributed by atoms with Crippen molar-refractivity contribution in [2.75, 3.05) is 0 Å². The fourth-order valence-electron chi connectivity index (χ4n) is 1.65. The van der Waals surface area contributed by atoms with Gasteiger partial charge < -0.3 is 0 Å². The van der Waals surface area contributed by atoms with Gasteiger partial charge in [0, 0.05) is 17.0 Å². The van der Waals surface area contributed by atoms with Gasteiger partial charge in [-0.25, -0.2) is 0 Å². The van der Waals surface area contributed by atoms with Crippen LogP contribution in [0.1, 0.15) is 15.9 Å². The predicted molar refractivity (Wildman–Crippen MR) is 74.1 cm³/mol. The van der Waals surface area contributed by atoms with Crippen molar-refractivity contribution in [2.45, 2.75) is 6.42 Å². The van der Waals surface area contributed by atoms with Crippen molar-refractivity contribution in [1.82, 2.24) is 0 Å². The molecule has 0 bridgehead atoms. The van der Waals surface area contributed by atoms with Gasteiger partial charge in [-0.2, -0.15) is 0 Å². The lowest BCUT2D eigenvalue weighted by molar-refractivity contribution is 0.0993. The average Bonchev–Trinajstić information content (AvgIpc) is 2.34. The lowest BCUT2D eigenvalue weighted by Crippen LogP contribution is -2.08. The van der Waals surface area contributed by atoms with Crippen molar-refractivity contribution >= 4 is 30.7 Å². The van der Waals surface area contributed by atoms with Gasteiger partial charge in [0.25, 0.3) is 0 Å². The fraction of sp³-hybridized carbons (Fsp3) is 0.0714. The molecule has 0 atom stereocenters. The number of ketones is 1. The van der Waals surface area contributed by atoms with Gasteiger partial charge in [-0.05, 0) is 11.6 Å². The van der Waals surface area contributed by atoms with E-state index in [1.807, 2.05) is 50.3 Å². The average molecular weight is 243 g/mol. The number of halogens is 1. The number of rotatable bonds is 3. The summed E-state index contributed by atoms with van der Waals surface area (Å²) in [7, 11) is 1.92. The molecular weight excluding hydrogens is 230 g/mol. The molecule has 0 aliphatic heterocycles. The van der Waals surface area contributed by atoms with Gasteiger partial charge >= 0.3 is 0 Å². The van der Waals surface area contributed by atoms with E-state index in [4.69, 9.17) is 11.6 Å². The predicted octanol–water partition coefficient (Wildman–Crippen LogP) is 2.02. The normalized spacial score (nSPS) is 10.2. The smallest absolute Gasteiger partial charge is 0.167 e. The Morgan fingerprint density at radius 2 is 1.82 bits per heavy atom. The molecule has 0 radical (unpaired) electrons. The van der Waals surface area contributed by atoms with Crippen molar-refractivity contribution in [2.24, 2.45) is 0 Å². The molecule has 2 aromatic rings. The maximum absolute atomic E-state index is 12.0. The maximum atomic E-state index is 12.0. The number of benzene rings is 2. The Hall–Kier alpha value is -1.54. The molecule has 2 aromatic carbocycles. The number of hydrogen-bond donors (Lipinski definition) is 0. The molecular formula is C14H12BClO. The van der Waals surface area contributed by atoms with Gasteiger partial charge in [0.05, 0.1) is 0 Å². The van der Waals surface area contributed by atoms with E-state index in [9.17, 15) is 4.79 Å². The summed E-state index contributed by atoms with van der Waals surface area (Å²) in [6.45, 7) is 0. The van der Waals surface area contributed by atoms with Crippen LogP contribution in [0.4, 0.5) is 0 Å². The number of Topliss-reactive ketones (excluding diaryl/α,β-unsaturated/α-hetero) is 1. The Balaban J connectivity index is 2.18. The molecule has 0 amide bonds. The summed E-state index contributed by atoms with van der Waals surface area (Å²) in [6, 6.07) is 15.2. The molecule has 0 heterocycles. The third-order valence-corrected chi connectivity index (χ3v) is 3.11. The van der Waals surface area contributed by atoms with Crippen LogP contribution in [0.5, 0.6) is 0 Å². The molecule has 17 heavy (non-hydrogen) atoms. The van der Waals surface area contributed by atoms with Crippen molar-refractivity contribution in [1.29, 1.82) is 0 Å². The maximum Gasteiger partial charge on any atom is 0.167 e. The van der Waals surface area contributed by atoms with Gasteiger partial charge in [-0.1, -0.05) is 59.5 Å². The van der Waals surface area contributed by atoms with E-state index in [0.717, 1.165) is 11.0 Å². The van der Waals surface area contributed by atoms with Gasteiger partial charge in [-0.15, -0.1) is 0 Å². The number of carbonyl (C=O) groups is 1. The molecule has 0 fully saturated rings. The number of carbonyl (C=O) groups excluding carboxylic acids is 1. The monoisotopic (exact) mass is 242 g/mol. The first-order valence-corrected chi connectivity index (χ1v) is 5.88. The van der Waals surface area contributed by atoms with Crippen LogP contribution in [0, 0.1) is 0 Å². The summed E-state index contributed by atoms with van der Waals surface area (Å²) in [4.78, 5) is 12.0. The third kappa shape index (κ3) is 2.98. The van der Waals surface area contributed by atoms with E-state index in [1.165, 1.54) is 0 Å². The Bertz CT molecular complexity index is 537. The van der Waals surface area contributed by atoms with Gasteiger partial charge in [0.2, 0.25) is 0 Å². The topological polar surface area (TPSA) is 17.1 Å². The summed E-state index contributed by atoms with van der Waals surface area (Å²) in [5.74, 6) is 0.0955. The van der Waals surface area contributed by atoms with E-state index in [-0.39, 0.29) is 5.78 Å². The molecule has 0 aliphatic rings. The van der Waals surface area contributed by atoms with Crippen molar-refractivity contribution in [3.8, 4) is 0 Å². The lowest BCUT2D eigenvalue weighted by Gasteiger charge is -2.04. The molecule has 3 heteroatoms. The molecule has 0 saturated heterocycles. The van der Waals surface area contributed by atoms with Gasteiger partial charge in [0.1, 0.15) is 7.85 Å². The zero-order valence-electron chi connectivity index (χ0n) is 9.61. The van der Waals surface area contributed by atoms with E-state index < -0.39 is 0 Å². The second-order valence-electron chi connectivity index (χ2n) is 4.05. The van der Waals surface area contributed by atoms with E-state index in [0.29, 0.717) is 17.0 Å². The van der Waals surface area contributed by atoms with Crippen LogP contribution in [-0.2, 0) is 6.42 Å². The third-order valence-electron chi connectivity index (χ3n) is 2.70. The van der Waals surface area contributed by atoms with Crippen LogP contribution in [0.25, 0.3) is 0 Å². The van der Waals surface area contributed by atoms with Gasteiger partial charge in [-0.3, -0.25) is 4.79 Å². The highest BCUT2D eigenvalue weighted by Gasteiger charge is 2.08. The lowest BCUT2D eigenvalue weighted by atomic mass is 9.93. The Kier molecular flexibility index (Phi) is 3.65. The zero-order chi connectivity index (χ0) is 12.3. The highest BCUT2D eigenvalue weighted by atomic mass is 35.5. The van der Waals surface area contributed by atoms with Crippen molar-refractivity contribution < 1.29 is 4.79 Å². The highest BCUT2D eigenvalue weighted by molar-refractivity contribution is 6.45. The number of hydrogen-bond acceptors (Lipinski definition) is 1. The van der Waals surface area contributed by atoms with E-state index in [2.05, 4.69) is 0 Å². The summed E-state index contributed by atoms with van der Waals surface area (Å²) in [5.41, 5.74) is 2.68. The van der Waals surface area contributed by atoms with E-state index in [1.54, 1.807) is 6.07 Å². The molecule has 84 valence electrons. The first-order chi connectivity index (χ1) is 8.16. The zero-order valence-corrected chi connectivity index (χ0v) is 10.4. The quantitative estimate of drug-likeness (QED) is 0.594. The first-order valence-electron chi connectivity index (χ1n) is 5.50. The Labute approximate surface area is 107 Å². The summed E-state index contributed by atoms with van der Waals surface area (Å²) in [6.07, 6.45) is 0.417. The molecule has 0 unspecified atom stereocenters. The molecule has 0 aliphatic carbocycles. The second-order valence-corrected chi connectivity index (χ2v) is 4.46. The van der Waals surface area contributed by atoms with Crippen LogP contribution in [0.3, 0.4) is 0 Å². The largest absolute Gasteiger partial charge is 0.294 e. The molecule has 0 aromatic heterocycles. The molecule has 1 nitrogen and oxygen atoms in total. The second kappa shape index (κ2) is 5.20. The van der Waals surface area contributed by atoms with Crippen LogP contribution in [0.2, 0.25) is 5.02 Å².